The standard InChI is InChI=1S/C15H15NO5/c1-15(2)19-13(17)11(14(18)20-15)12-10(8-16-21-12)9-6-4-3-5-7-9/h3-8,10-12H,1-2H3. The van der Waals surface area contributed by atoms with Crippen LogP contribution in [0.4, 0.5) is 0 Å². The molecule has 1 fully saturated rings. The van der Waals surface area contributed by atoms with Gasteiger partial charge in [-0.2, -0.15) is 0 Å². The van der Waals surface area contributed by atoms with Crippen molar-refractivity contribution in [3.63, 3.8) is 0 Å². The van der Waals surface area contributed by atoms with Gasteiger partial charge in [-0.3, -0.25) is 9.59 Å². The van der Waals surface area contributed by atoms with Gasteiger partial charge in [0.15, 0.2) is 12.0 Å². The Morgan fingerprint density at radius 1 is 1.05 bits per heavy atom. The average molecular weight is 289 g/mol. The lowest BCUT2D eigenvalue weighted by molar-refractivity contribution is -0.245. The number of hydrogen-bond acceptors (Lipinski definition) is 6. The summed E-state index contributed by atoms with van der Waals surface area (Å²) < 4.78 is 10.3. The zero-order valence-corrected chi connectivity index (χ0v) is 11.7. The van der Waals surface area contributed by atoms with E-state index in [0.29, 0.717) is 0 Å². The van der Waals surface area contributed by atoms with Crippen LogP contribution in [-0.2, 0) is 23.9 Å². The van der Waals surface area contributed by atoms with Gasteiger partial charge in [-0.1, -0.05) is 35.5 Å². The Bertz CT molecular complexity index is 575. The Balaban J connectivity index is 1.87. The number of nitrogens with zero attached hydrogens (tertiary/aromatic N) is 1. The second-order valence-corrected chi connectivity index (χ2v) is 5.48. The first kappa shape index (κ1) is 13.6. The highest BCUT2D eigenvalue weighted by molar-refractivity contribution is 5.98. The molecule has 0 radical (unpaired) electrons. The summed E-state index contributed by atoms with van der Waals surface area (Å²) >= 11 is 0. The van der Waals surface area contributed by atoms with E-state index in [1.165, 1.54) is 13.8 Å². The molecule has 6 nitrogen and oxygen atoms in total. The molecule has 0 aromatic heterocycles. The second kappa shape index (κ2) is 4.87. The van der Waals surface area contributed by atoms with Crippen LogP contribution in [-0.4, -0.2) is 30.0 Å². The highest BCUT2D eigenvalue weighted by atomic mass is 16.7. The third-order valence-electron chi connectivity index (χ3n) is 3.47. The van der Waals surface area contributed by atoms with Crippen molar-refractivity contribution in [1.29, 1.82) is 0 Å². The molecule has 0 spiro atoms. The minimum atomic E-state index is -1.24. The summed E-state index contributed by atoms with van der Waals surface area (Å²) in [6.07, 6.45) is 0.837. The lowest BCUT2D eigenvalue weighted by Gasteiger charge is -2.35. The molecule has 110 valence electrons. The zero-order chi connectivity index (χ0) is 15.0. The molecule has 0 amide bonds. The van der Waals surface area contributed by atoms with E-state index in [2.05, 4.69) is 5.16 Å². The lowest BCUT2D eigenvalue weighted by Crippen LogP contribution is -2.51. The van der Waals surface area contributed by atoms with Crippen LogP contribution in [0.15, 0.2) is 35.5 Å². The maximum atomic E-state index is 12.1. The molecule has 2 heterocycles. The van der Waals surface area contributed by atoms with Gasteiger partial charge in [0.2, 0.25) is 0 Å². The predicted molar refractivity (Wildman–Crippen MR) is 72.3 cm³/mol. The normalized spacial score (nSPS) is 27.9. The first-order chi connectivity index (χ1) is 9.98. The number of hydrogen-bond donors (Lipinski definition) is 0. The van der Waals surface area contributed by atoms with Crippen molar-refractivity contribution in [2.75, 3.05) is 0 Å². The van der Waals surface area contributed by atoms with Crippen molar-refractivity contribution in [2.45, 2.75) is 31.7 Å². The number of ether oxygens (including phenoxy) is 2. The van der Waals surface area contributed by atoms with Crippen LogP contribution in [0.3, 0.4) is 0 Å². The molecule has 0 bridgehead atoms. The second-order valence-electron chi connectivity index (χ2n) is 5.48. The smallest absolute Gasteiger partial charge is 0.327 e. The van der Waals surface area contributed by atoms with Gasteiger partial charge in [-0.05, 0) is 5.56 Å². The molecule has 0 aliphatic carbocycles. The van der Waals surface area contributed by atoms with E-state index in [1.54, 1.807) is 6.21 Å². The summed E-state index contributed by atoms with van der Waals surface area (Å²) in [6.45, 7) is 3.03. The van der Waals surface area contributed by atoms with Crippen molar-refractivity contribution in [2.24, 2.45) is 11.1 Å². The Labute approximate surface area is 121 Å². The van der Waals surface area contributed by atoms with Gasteiger partial charge in [-0.15, -0.1) is 0 Å². The van der Waals surface area contributed by atoms with Gasteiger partial charge in [-0.25, -0.2) is 0 Å². The molecule has 1 aromatic carbocycles. The zero-order valence-electron chi connectivity index (χ0n) is 11.7. The number of oxime groups is 1. The molecule has 2 aliphatic rings. The molecule has 1 saturated heterocycles. The monoisotopic (exact) mass is 289 g/mol. The van der Waals surface area contributed by atoms with E-state index in [9.17, 15) is 9.59 Å². The van der Waals surface area contributed by atoms with Crippen molar-refractivity contribution in [3.05, 3.63) is 35.9 Å². The quantitative estimate of drug-likeness (QED) is 0.611. The molecular formula is C15H15NO5. The molecule has 1 aromatic rings. The molecule has 2 aliphatic heterocycles. The summed E-state index contributed by atoms with van der Waals surface area (Å²) in [6, 6.07) is 9.42. The van der Waals surface area contributed by atoms with Crippen molar-refractivity contribution in [3.8, 4) is 0 Å². The fraction of sp³-hybridized carbons (Fsp3) is 0.400. The number of cyclic esters (lactones) is 2. The summed E-state index contributed by atoms with van der Waals surface area (Å²) in [5, 5.41) is 3.76. The maximum Gasteiger partial charge on any atom is 0.327 e. The fourth-order valence-corrected chi connectivity index (χ4v) is 2.54. The summed E-state index contributed by atoms with van der Waals surface area (Å²) in [4.78, 5) is 29.5. The van der Waals surface area contributed by atoms with Crippen LogP contribution >= 0.6 is 0 Å². The SMILES string of the molecule is CC1(C)OC(=O)C(C2ON=CC2c2ccccc2)C(=O)O1. The van der Waals surface area contributed by atoms with E-state index in [4.69, 9.17) is 14.3 Å². The van der Waals surface area contributed by atoms with Gasteiger partial charge in [0.1, 0.15) is 0 Å². The van der Waals surface area contributed by atoms with E-state index in [-0.39, 0.29) is 5.92 Å². The van der Waals surface area contributed by atoms with E-state index < -0.39 is 29.7 Å². The van der Waals surface area contributed by atoms with Gasteiger partial charge in [0.05, 0.1) is 12.1 Å². The van der Waals surface area contributed by atoms with Crippen LogP contribution in [0.25, 0.3) is 0 Å². The molecule has 2 unspecified atom stereocenters. The van der Waals surface area contributed by atoms with E-state index >= 15 is 0 Å². The molecule has 3 rings (SSSR count). The Hall–Kier alpha value is -2.37. The third kappa shape index (κ3) is 2.49. The molecule has 21 heavy (non-hydrogen) atoms. The van der Waals surface area contributed by atoms with Crippen LogP contribution in [0, 0.1) is 5.92 Å². The third-order valence-corrected chi connectivity index (χ3v) is 3.47. The first-order valence-electron chi connectivity index (χ1n) is 6.68. The van der Waals surface area contributed by atoms with Gasteiger partial charge >= 0.3 is 11.9 Å². The Kier molecular flexibility index (Phi) is 3.16. The number of rotatable bonds is 2. The molecular weight excluding hydrogens is 274 g/mol. The number of esters is 2. The number of benzene rings is 1. The Morgan fingerprint density at radius 2 is 1.67 bits per heavy atom. The van der Waals surface area contributed by atoms with Crippen molar-refractivity contribution in [1.82, 2.24) is 0 Å². The molecule has 0 saturated carbocycles. The van der Waals surface area contributed by atoms with Gasteiger partial charge < -0.3 is 14.3 Å². The molecule has 0 N–H and O–H groups in total. The summed E-state index contributed by atoms with van der Waals surface area (Å²) in [5.74, 6) is -3.96. The lowest BCUT2D eigenvalue weighted by atomic mass is 9.86. The van der Waals surface area contributed by atoms with Crippen LogP contribution in [0.1, 0.15) is 25.3 Å². The summed E-state index contributed by atoms with van der Waals surface area (Å²) in [5.41, 5.74) is 0.911. The highest BCUT2D eigenvalue weighted by Gasteiger charge is 2.52. The van der Waals surface area contributed by atoms with Crippen molar-refractivity contribution < 1.29 is 23.9 Å². The highest BCUT2D eigenvalue weighted by Crippen LogP contribution is 2.35. The average Bonchev–Trinajstić information content (AvgIpc) is 2.86. The van der Waals surface area contributed by atoms with Crippen molar-refractivity contribution >= 4 is 18.2 Å². The fourth-order valence-electron chi connectivity index (χ4n) is 2.54. The summed E-state index contributed by atoms with van der Waals surface area (Å²) in [7, 11) is 0. The maximum absolute atomic E-state index is 12.1. The van der Waals surface area contributed by atoms with E-state index in [0.717, 1.165) is 5.56 Å². The molecule has 6 heteroatoms. The van der Waals surface area contributed by atoms with E-state index in [1.807, 2.05) is 30.3 Å². The van der Waals surface area contributed by atoms with Crippen LogP contribution in [0.5, 0.6) is 0 Å². The topological polar surface area (TPSA) is 74.2 Å². The van der Waals surface area contributed by atoms with Crippen LogP contribution < -0.4 is 0 Å². The largest absolute Gasteiger partial charge is 0.422 e. The number of carbonyl (C=O) groups is 2. The predicted octanol–water partition coefficient (Wildman–Crippen LogP) is 1.61. The minimum Gasteiger partial charge on any atom is -0.422 e. The molecule has 2 atom stereocenters. The number of carbonyl (C=O) groups excluding carboxylic acids is 2. The van der Waals surface area contributed by atoms with Gasteiger partial charge in [0, 0.05) is 13.8 Å². The Morgan fingerprint density at radius 3 is 2.29 bits per heavy atom. The first-order valence-corrected chi connectivity index (χ1v) is 6.68. The van der Waals surface area contributed by atoms with Gasteiger partial charge in [0.25, 0.3) is 5.79 Å². The minimum absolute atomic E-state index is 0.294. The van der Waals surface area contributed by atoms with Crippen LogP contribution in [0.2, 0.25) is 0 Å².